The van der Waals surface area contributed by atoms with Crippen LogP contribution in [0.4, 0.5) is 9.93 Å². The summed E-state index contributed by atoms with van der Waals surface area (Å²) in [6, 6.07) is -0.593. The Morgan fingerprint density at radius 1 is 1.56 bits per heavy atom. The van der Waals surface area contributed by atoms with Crippen LogP contribution in [0.5, 0.6) is 0 Å². The molecule has 4 N–H and O–H groups in total. The molecule has 0 spiro atoms. The van der Waals surface area contributed by atoms with Crippen LogP contribution in [-0.4, -0.2) is 23.6 Å². The standard InChI is InChI=1S/C8H12N4O3S/c1-3-15-6(13)5-4(2)10-8(16-5)11-7(14)12-9/h3,9H2,1-2H3,(H2,10,11,12,14). The highest BCUT2D eigenvalue weighted by Gasteiger charge is 2.16. The number of carbonyl (C=O) groups excluding carboxylic acids is 2. The molecule has 0 unspecified atom stereocenters. The first-order chi connectivity index (χ1) is 7.58. The van der Waals surface area contributed by atoms with Crippen LogP contribution < -0.4 is 16.6 Å². The van der Waals surface area contributed by atoms with Crippen molar-refractivity contribution in [2.45, 2.75) is 13.8 Å². The zero-order valence-corrected chi connectivity index (χ0v) is 9.68. The average molecular weight is 244 g/mol. The molecule has 0 bridgehead atoms. The summed E-state index contributed by atoms with van der Waals surface area (Å²) in [5.41, 5.74) is 2.41. The Labute approximate surface area is 96.0 Å². The van der Waals surface area contributed by atoms with E-state index in [0.29, 0.717) is 22.3 Å². The number of aromatic nitrogens is 1. The Hall–Kier alpha value is -1.67. The van der Waals surface area contributed by atoms with E-state index in [0.717, 1.165) is 11.3 Å². The lowest BCUT2D eigenvalue weighted by atomic mass is 10.4. The monoisotopic (exact) mass is 244 g/mol. The molecule has 0 saturated heterocycles. The number of hydrogen-bond acceptors (Lipinski definition) is 6. The number of rotatable bonds is 3. The number of nitrogens with zero attached hydrogens (tertiary/aromatic N) is 1. The molecule has 0 radical (unpaired) electrons. The van der Waals surface area contributed by atoms with Crippen LogP contribution in [0.1, 0.15) is 22.3 Å². The number of aryl methyl sites for hydroxylation is 1. The van der Waals surface area contributed by atoms with Gasteiger partial charge in [-0.25, -0.2) is 20.4 Å². The summed E-state index contributed by atoms with van der Waals surface area (Å²) in [5, 5.41) is 2.67. The smallest absolute Gasteiger partial charge is 0.350 e. The molecule has 0 aromatic carbocycles. The minimum absolute atomic E-state index is 0.294. The topological polar surface area (TPSA) is 106 Å². The van der Waals surface area contributed by atoms with Gasteiger partial charge in [-0.3, -0.25) is 10.7 Å². The molecule has 0 aliphatic carbocycles. The normalized spacial score (nSPS) is 9.69. The molecular formula is C8H12N4O3S. The fourth-order valence-corrected chi connectivity index (χ4v) is 1.82. The van der Waals surface area contributed by atoms with Gasteiger partial charge in [0.25, 0.3) is 0 Å². The van der Waals surface area contributed by atoms with Gasteiger partial charge in [0.2, 0.25) is 0 Å². The highest BCUT2D eigenvalue weighted by Crippen LogP contribution is 2.23. The van der Waals surface area contributed by atoms with E-state index < -0.39 is 12.0 Å². The summed E-state index contributed by atoms with van der Waals surface area (Å²) >= 11 is 1.04. The van der Waals surface area contributed by atoms with Crippen LogP contribution in [0.15, 0.2) is 0 Å². The van der Waals surface area contributed by atoms with Gasteiger partial charge < -0.3 is 4.74 Å². The van der Waals surface area contributed by atoms with Gasteiger partial charge in [0.1, 0.15) is 4.88 Å². The van der Waals surface area contributed by atoms with Crippen molar-refractivity contribution in [2.75, 3.05) is 11.9 Å². The molecule has 1 aromatic heterocycles. The van der Waals surface area contributed by atoms with Gasteiger partial charge in [-0.1, -0.05) is 11.3 Å². The predicted octanol–water partition coefficient (Wildman–Crippen LogP) is 0.623. The number of amides is 2. The van der Waals surface area contributed by atoms with E-state index in [2.05, 4.69) is 10.3 Å². The number of nitrogens with two attached hydrogens (primary N) is 1. The van der Waals surface area contributed by atoms with Gasteiger partial charge in [0.05, 0.1) is 12.3 Å². The summed E-state index contributed by atoms with van der Waals surface area (Å²) < 4.78 is 4.83. The van der Waals surface area contributed by atoms with E-state index in [9.17, 15) is 9.59 Å². The fourth-order valence-electron chi connectivity index (χ4n) is 0.969. The van der Waals surface area contributed by atoms with Crippen LogP contribution in [0.25, 0.3) is 0 Å². The molecule has 8 heteroatoms. The maximum absolute atomic E-state index is 11.4. The van der Waals surface area contributed by atoms with Crippen molar-refractivity contribution in [2.24, 2.45) is 5.84 Å². The number of carbonyl (C=O) groups is 2. The summed E-state index contributed by atoms with van der Waals surface area (Å²) in [6.45, 7) is 3.67. The first-order valence-electron chi connectivity index (χ1n) is 4.50. The Bertz CT molecular complexity index is 404. The van der Waals surface area contributed by atoms with Crippen molar-refractivity contribution >= 4 is 28.5 Å². The third-order valence-corrected chi connectivity index (χ3v) is 2.66. The second-order valence-electron chi connectivity index (χ2n) is 2.75. The first-order valence-corrected chi connectivity index (χ1v) is 5.32. The molecule has 0 atom stereocenters. The van der Waals surface area contributed by atoms with Crippen LogP contribution in [0.3, 0.4) is 0 Å². The minimum Gasteiger partial charge on any atom is -0.462 e. The molecule has 0 aliphatic heterocycles. The van der Waals surface area contributed by atoms with Crippen LogP contribution >= 0.6 is 11.3 Å². The summed E-state index contributed by atoms with van der Waals surface area (Å²) in [6.07, 6.45) is 0. The van der Waals surface area contributed by atoms with Gasteiger partial charge in [0.15, 0.2) is 5.13 Å². The number of thiazole rings is 1. The quantitative estimate of drug-likeness (QED) is 0.313. The molecular weight excluding hydrogens is 232 g/mol. The first kappa shape index (κ1) is 12.4. The zero-order chi connectivity index (χ0) is 12.1. The number of esters is 1. The van der Waals surface area contributed by atoms with Crippen molar-refractivity contribution in [3.05, 3.63) is 10.6 Å². The van der Waals surface area contributed by atoms with Gasteiger partial charge >= 0.3 is 12.0 Å². The average Bonchev–Trinajstić information content (AvgIpc) is 2.59. The van der Waals surface area contributed by atoms with E-state index >= 15 is 0 Å². The number of urea groups is 1. The highest BCUT2D eigenvalue weighted by molar-refractivity contribution is 7.17. The molecule has 1 rings (SSSR count). The van der Waals surface area contributed by atoms with E-state index in [1.807, 2.05) is 5.43 Å². The molecule has 2 amide bonds. The molecule has 7 nitrogen and oxygen atoms in total. The Morgan fingerprint density at radius 2 is 2.25 bits per heavy atom. The fraction of sp³-hybridized carbons (Fsp3) is 0.375. The molecule has 0 fully saturated rings. The largest absolute Gasteiger partial charge is 0.462 e. The van der Waals surface area contributed by atoms with Gasteiger partial charge in [-0.2, -0.15) is 0 Å². The molecule has 1 aromatic rings. The van der Waals surface area contributed by atoms with Crippen molar-refractivity contribution in [1.82, 2.24) is 10.4 Å². The maximum Gasteiger partial charge on any atom is 0.350 e. The van der Waals surface area contributed by atoms with Crippen LogP contribution in [-0.2, 0) is 4.74 Å². The second-order valence-corrected chi connectivity index (χ2v) is 3.75. The third-order valence-electron chi connectivity index (χ3n) is 1.61. The van der Waals surface area contributed by atoms with E-state index in [1.54, 1.807) is 13.8 Å². The summed E-state index contributed by atoms with van der Waals surface area (Å²) in [7, 11) is 0. The molecule has 16 heavy (non-hydrogen) atoms. The van der Waals surface area contributed by atoms with Crippen molar-refractivity contribution in [1.29, 1.82) is 0 Å². The Morgan fingerprint density at radius 3 is 2.81 bits per heavy atom. The Kier molecular flexibility index (Phi) is 4.20. The van der Waals surface area contributed by atoms with Crippen molar-refractivity contribution in [3.63, 3.8) is 0 Å². The predicted molar refractivity (Wildman–Crippen MR) is 59.1 cm³/mol. The van der Waals surface area contributed by atoms with E-state index in [1.165, 1.54) is 0 Å². The summed E-state index contributed by atoms with van der Waals surface area (Å²) in [4.78, 5) is 26.7. The van der Waals surface area contributed by atoms with Gasteiger partial charge in [-0.15, -0.1) is 0 Å². The number of ether oxygens (including phenoxy) is 1. The Balaban J connectivity index is 2.81. The minimum atomic E-state index is -0.593. The SMILES string of the molecule is CCOC(=O)c1sc(NC(=O)NN)nc1C. The van der Waals surface area contributed by atoms with Gasteiger partial charge in [0, 0.05) is 0 Å². The number of nitrogens with one attached hydrogen (secondary N) is 2. The van der Waals surface area contributed by atoms with E-state index in [4.69, 9.17) is 10.6 Å². The zero-order valence-electron chi connectivity index (χ0n) is 8.86. The number of hydrazine groups is 1. The molecule has 0 saturated carbocycles. The third kappa shape index (κ3) is 2.91. The number of anilines is 1. The van der Waals surface area contributed by atoms with Crippen LogP contribution in [0.2, 0.25) is 0 Å². The van der Waals surface area contributed by atoms with Gasteiger partial charge in [-0.05, 0) is 13.8 Å². The molecule has 88 valence electrons. The summed E-state index contributed by atoms with van der Waals surface area (Å²) in [5.74, 6) is 4.45. The highest BCUT2D eigenvalue weighted by atomic mass is 32.1. The van der Waals surface area contributed by atoms with Crippen molar-refractivity contribution < 1.29 is 14.3 Å². The van der Waals surface area contributed by atoms with Crippen molar-refractivity contribution in [3.8, 4) is 0 Å². The van der Waals surface area contributed by atoms with E-state index in [-0.39, 0.29) is 0 Å². The van der Waals surface area contributed by atoms with Crippen LogP contribution in [0, 0.1) is 6.92 Å². The number of hydrogen-bond donors (Lipinski definition) is 3. The lowest BCUT2D eigenvalue weighted by Crippen LogP contribution is -2.34. The maximum atomic E-state index is 11.4. The lowest BCUT2D eigenvalue weighted by molar-refractivity contribution is 0.0531. The second kappa shape index (κ2) is 5.42. The molecule has 0 aliphatic rings. The lowest BCUT2D eigenvalue weighted by Gasteiger charge is -1.98. The molecule has 1 heterocycles.